The smallest absolute Gasteiger partial charge is 0.185 e. The molecule has 1 saturated carbocycles. The molecular formula is C20H40N4O10. The summed E-state index contributed by atoms with van der Waals surface area (Å²) in [5.74, 6) is 0. The quantitative estimate of drug-likeness (QED) is 0.165. The molecule has 2 heterocycles. The molecule has 0 aromatic carbocycles. The van der Waals surface area contributed by atoms with Crippen LogP contribution < -0.4 is 22.5 Å². The normalized spacial score (nSPS) is 53.5. The molecule has 14 heteroatoms. The van der Waals surface area contributed by atoms with Crippen molar-refractivity contribution >= 4 is 0 Å². The van der Waals surface area contributed by atoms with Crippen LogP contribution in [0, 0.1) is 0 Å². The van der Waals surface area contributed by atoms with Crippen LogP contribution in [-0.4, -0.2) is 135 Å². The number of aliphatic hydroxyl groups excluding tert-OH is 5. The van der Waals surface area contributed by atoms with Gasteiger partial charge in [0.05, 0.1) is 24.8 Å². The van der Waals surface area contributed by atoms with E-state index in [2.05, 4.69) is 5.32 Å². The third-order valence-electron chi connectivity index (χ3n) is 6.95. The predicted molar refractivity (Wildman–Crippen MR) is 116 cm³/mol. The lowest BCUT2D eigenvalue weighted by atomic mass is 9.84. The first-order valence-electron chi connectivity index (χ1n) is 11.4. The van der Waals surface area contributed by atoms with E-state index in [1.165, 1.54) is 13.8 Å². The topological polar surface area (TPSA) is 248 Å². The lowest BCUT2D eigenvalue weighted by Gasteiger charge is -2.49. The molecule has 1 aliphatic carbocycles. The molecule has 0 radical (unpaired) electrons. The third kappa shape index (κ3) is 5.40. The molecule has 15 atom stereocenters. The summed E-state index contributed by atoms with van der Waals surface area (Å²) < 4.78 is 22.8. The zero-order valence-corrected chi connectivity index (χ0v) is 19.5. The van der Waals surface area contributed by atoms with Crippen LogP contribution in [0.4, 0.5) is 0 Å². The molecule has 3 aliphatic rings. The molecule has 200 valence electrons. The number of hydrogen-bond acceptors (Lipinski definition) is 14. The monoisotopic (exact) mass is 496 g/mol. The Kier molecular flexibility index (Phi) is 8.92. The van der Waals surface area contributed by atoms with Crippen LogP contribution in [0.25, 0.3) is 0 Å². The van der Waals surface area contributed by atoms with Crippen molar-refractivity contribution in [3.05, 3.63) is 0 Å². The molecule has 0 aromatic heterocycles. The van der Waals surface area contributed by atoms with Gasteiger partial charge in [0.15, 0.2) is 12.6 Å². The Bertz CT molecular complexity index is 675. The lowest BCUT2D eigenvalue weighted by molar-refractivity contribution is -0.319. The Labute approximate surface area is 197 Å². The van der Waals surface area contributed by atoms with Crippen molar-refractivity contribution in [3.63, 3.8) is 0 Å². The van der Waals surface area contributed by atoms with Gasteiger partial charge in [-0.25, -0.2) is 0 Å². The largest absolute Gasteiger partial charge is 0.391 e. The maximum absolute atomic E-state index is 11.1. The van der Waals surface area contributed by atoms with E-state index in [9.17, 15) is 30.6 Å². The molecule has 34 heavy (non-hydrogen) atoms. The second-order valence-corrected chi connectivity index (χ2v) is 9.82. The average Bonchev–Trinajstić information content (AvgIpc) is 2.75. The van der Waals surface area contributed by atoms with Crippen molar-refractivity contribution in [2.75, 3.05) is 13.7 Å². The number of likely N-dealkylation sites (N-methyl/N-ethyl adjacent to an activating group) is 1. The number of nitrogens with one attached hydrogen (secondary N) is 1. The number of aliphatic hydroxyl groups is 6. The number of ether oxygens (including phenoxy) is 4. The highest BCUT2D eigenvalue weighted by Gasteiger charge is 2.52. The van der Waals surface area contributed by atoms with Crippen LogP contribution >= 0.6 is 0 Å². The van der Waals surface area contributed by atoms with Gasteiger partial charge in [0.2, 0.25) is 0 Å². The Morgan fingerprint density at radius 3 is 2.03 bits per heavy atom. The van der Waals surface area contributed by atoms with Crippen LogP contribution in [0.1, 0.15) is 20.3 Å². The summed E-state index contributed by atoms with van der Waals surface area (Å²) in [4.78, 5) is 0. The summed E-state index contributed by atoms with van der Waals surface area (Å²) in [7, 11) is 1.58. The first kappa shape index (κ1) is 28.0. The molecule has 0 unspecified atom stereocenters. The van der Waals surface area contributed by atoms with E-state index < -0.39 is 91.2 Å². The van der Waals surface area contributed by atoms with Gasteiger partial charge in [0, 0.05) is 12.1 Å². The van der Waals surface area contributed by atoms with Gasteiger partial charge >= 0.3 is 0 Å². The molecule has 13 N–H and O–H groups in total. The zero-order valence-electron chi connectivity index (χ0n) is 19.5. The van der Waals surface area contributed by atoms with E-state index in [1.807, 2.05) is 0 Å². The SMILES string of the molecule is CN[C@H]1[C@@H](O)[C@@H](O[C@@H]2[C@H](O)[C@H](O[C@H]3O[C@H]([C@@H](C)O)[C@@H](O)[C@H](O)[C@@H]3N)[C@@H](N)C[C@@H]2N)OC[C@]1(C)O. The Balaban J connectivity index is 1.73. The summed E-state index contributed by atoms with van der Waals surface area (Å²) in [6.45, 7) is 2.75. The summed E-state index contributed by atoms with van der Waals surface area (Å²) >= 11 is 0. The summed E-state index contributed by atoms with van der Waals surface area (Å²) in [5, 5.41) is 65.2. The molecule has 3 rings (SSSR count). The van der Waals surface area contributed by atoms with E-state index >= 15 is 0 Å². The molecule has 0 spiro atoms. The molecule has 14 nitrogen and oxygen atoms in total. The molecule has 0 amide bonds. The van der Waals surface area contributed by atoms with E-state index in [1.54, 1.807) is 7.05 Å². The van der Waals surface area contributed by atoms with Crippen LogP contribution in [0.5, 0.6) is 0 Å². The fourth-order valence-corrected chi connectivity index (χ4v) is 4.95. The van der Waals surface area contributed by atoms with Gasteiger partial charge in [0.1, 0.15) is 48.3 Å². The van der Waals surface area contributed by atoms with Crippen molar-refractivity contribution in [3.8, 4) is 0 Å². The Hall–Kier alpha value is -0.560. The van der Waals surface area contributed by atoms with Gasteiger partial charge < -0.3 is 72.1 Å². The summed E-state index contributed by atoms with van der Waals surface area (Å²) in [6, 6.07) is -3.47. The molecular weight excluding hydrogens is 456 g/mol. The van der Waals surface area contributed by atoms with Gasteiger partial charge in [-0.2, -0.15) is 0 Å². The summed E-state index contributed by atoms with van der Waals surface area (Å²) in [6.07, 6.45) is -12.4. The van der Waals surface area contributed by atoms with E-state index in [-0.39, 0.29) is 13.0 Å². The molecule has 0 aromatic rings. The molecule has 2 aliphatic heterocycles. The Morgan fingerprint density at radius 2 is 1.50 bits per heavy atom. The fraction of sp³-hybridized carbons (Fsp3) is 1.00. The van der Waals surface area contributed by atoms with Crippen molar-refractivity contribution in [1.82, 2.24) is 5.32 Å². The number of hydrogen-bond donors (Lipinski definition) is 10. The molecule has 0 bridgehead atoms. The van der Waals surface area contributed by atoms with Gasteiger partial charge in [-0.15, -0.1) is 0 Å². The standard InChI is InChI=1S/C20H40N4O10/c1-6(25)14-11(27)10(26)9(23)18(32-14)33-15-7(21)4-8(22)16(12(15)28)34-19-13(29)17(24-3)20(2,30)5-31-19/h6-19,24-30H,4-5,21-23H2,1-3H3/t6-,7+,8+,9+,10-,11+,12-,13-,14-,15-,16+,17+,18-,19-,20+/m1/s1. The minimum atomic E-state index is -1.46. The van der Waals surface area contributed by atoms with Gasteiger partial charge in [-0.05, 0) is 27.3 Å². The maximum atomic E-state index is 11.1. The highest BCUT2D eigenvalue weighted by molar-refractivity contribution is 5.02. The lowest BCUT2D eigenvalue weighted by Crippen LogP contribution is -2.69. The molecule has 2 saturated heterocycles. The predicted octanol–water partition coefficient (Wildman–Crippen LogP) is -5.61. The average molecular weight is 497 g/mol. The minimum absolute atomic E-state index is 0.135. The number of nitrogens with two attached hydrogens (primary N) is 3. The number of rotatable bonds is 6. The zero-order chi connectivity index (χ0) is 25.5. The van der Waals surface area contributed by atoms with Gasteiger partial charge in [0.25, 0.3) is 0 Å². The van der Waals surface area contributed by atoms with E-state index in [4.69, 9.17) is 36.1 Å². The van der Waals surface area contributed by atoms with Crippen LogP contribution in [0.3, 0.4) is 0 Å². The second-order valence-electron chi connectivity index (χ2n) is 9.82. The maximum Gasteiger partial charge on any atom is 0.185 e. The van der Waals surface area contributed by atoms with Crippen LogP contribution in [0.15, 0.2) is 0 Å². The van der Waals surface area contributed by atoms with Gasteiger partial charge in [-0.1, -0.05) is 0 Å². The van der Waals surface area contributed by atoms with Crippen LogP contribution in [-0.2, 0) is 18.9 Å². The summed E-state index contributed by atoms with van der Waals surface area (Å²) in [5.41, 5.74) is 17.0. The van der Waals surface area contributed by atoms with Crippen LogP contribution in [0.2, 0.25) is 0 Å². The minimum Gasteiger partial charge on any atom is -0.391 e. The highest BCUT2D eigenvalue weighted by atomic mass is 16.7. The highest BCUT2D eigenvalue weighted by Crippen LogP contribution is 2.32. The second kappa shape index (κ2) is 10.8. The van der Waals surface area contributed by atoms with E-state index in [0.29, 0.717) is 0 Å². The first-order valence-corrected chi connectivity index (χ1v) is 11.4. The first-order chi connectivity index (χ1) is 15.8. The van der Waals surface area contributed by atoms with Gasteiger partial charge in [-0.3, -0.25) is 0 Å². The van der Waals surface area contributed by atoms with Crippen molar-refractivity contribution < 1.29 is 49.6 Å². The fourth-order valence-electron chi connectivity index (χ4n) is 4.95. The van der Waals surface area contributed by atoms with Crippen molar-refractivity contribution in [2.45, 2.75) is 111 Å². The Morgan fingerprint density at radius 1 is 0.941 bits per heavy atom. The third-order valence-corrected chi connectivity index (χ3v) is 6.95. The van der Waals surface area contributed by atoms with E-state index in [0.717, 1.165) is 0 Å². The van der Waals surface area contributed by atoms with Crippen molar-refractivity contribution in [1.29, 1.82) is 0 Å². The molecule has 3 fully saturated rings. The van der Waals surface area contributed by atoms with Crippen molar-refractivity contribution in [2.24, 2.45) is 17.2 Å².